The highest BCUT2D eigenvalue weighted by atomic mass is 79.9. The molecule has 1 saturated heterocycles. The lowest BCUT2D eigenvalue weighted by molar-refractivity contribution is -0.122. The summed E-state index contributed by atoms with van der Waals surface area (Å²) in [7, 11) is 1.53. The lowest BCUT2D eigenvalue weighted by Crippen LogP contribution is -2.50. The molecule has 0 N–H and O–H groups in total. The van der Waals surface area contributed by atoms with Gasteiger partial charge in [0.25, 0.3) is 0 Å². The topological polar surface area (TPSA) is 90.0 Å². The summed E-state index contributed by atoms with van der Waals surface area (Å²) in [5.74, 6) is -2.37. The molecule has 208 valence electrons. The van der Waals surface area contributed by atoms with Gasteiger partial charge in [0, 0.05) is 11.5 Å². The number of carbonyl (C=O) groups excluding carboxylic acids is 4. The summed E-state index contributed by atoms with van der Waals surface area (Å²) in [6.07, 6.45) is 0. The lowest BCUT2D eigenvalue weighted by Gasteiger charge is -2.51. The van der Waals surface area contributed by atoms with Gasteiger partial charge in [-0.2, -0.15) is 0 Å². The first-order chi connectivity index (χ1) is 20.3. The van der Waals surface area contributed by atoms with Crippen LogP contribution in [0.5, 0.6) is 5.75 Å². The Morgan fingerprint density at radius 2 is 1.36 bits per heavy atom. The van der Waals surface area contributed by atoms with Gasteiger partial charge >= 0.3 is 5.97 Å². The van der Waals surface area contributed by atoms with E-state index < -0.39 is 28.7 Å². The van der Waals surface area contributed by atoms with Crippen molar-refractivity contribution >= 4 is 45.2 Å². The Labute approximate surface area is 250 Å². The highest BCUT2D eigenvalue weighted by Crippen LogP contribution is 2.66. The predicted molar refractivity (Wildman–Crippen MR) is 158 cm³/mol. The van der Waals surface area contributed by atoms with Crippen molar-refractivity contribution in [2.45, 2.75) is 10.2 Å². The van der Waals surface area contributed by atoms with E-state index in [1.807, 2.05) is 48.5 Å². The largest absolute Gasteiger partial charge is 0.497 e. The maximum absolute atomic E-state index is 14.1. The number of hydrogen-bond acceptors (Lipinski definition) is 6. The average Bonchev–Trinajstić information content (AvgIpc) is 3.30. The number of carbonyl (C=O) groups is 4. The number of nitrogens with zero attached hydrogens (tertiary/aromatic N) is 1. The quantitative estimate of drug-likeness (QED) is 0.120. The number of esters is 1. The molecule has 8 rings (SSSR count). The molecule has 3 aliphatic carbocycles. The van der Waals surface area contributed by atoms with Crippen LogP contribution in [0.4, 0.5) is 5.69 Å². The van der Waals surface area contributed by atoms with Gasteiger partial charge in [-0.25, -0.2) is 9.69 Å². The number of imide groups is 1. The molecular weight excluding hydrogens is 598 g/mol. The zero-order valence-electron chi connectivity index (χ0n) is 22.5. The standard InChI is InChI=1S/C34H24BrNO6/c1-41-22-16-12-19(13-17-22)27(37)18-42-33(40)20-10-14-21(15-11-20)36-31(38)29-28-23-6-2-4-8-25(23)34(35,30(29)32(36)39)26-9-5-3-7-24(26)28/h2-17,28-30H,18H2,1H3/t28?,29-,30+,34?/m0/s1. The number of Topliss-reactive ketones (excluding diaryl/α,β-unsaturated/α-hetero) is 1. The molecule has 4 aromatic carbocycles. The Morgan fingerprint density at radius 3 is 1.95 bits per heavy atom. The number of anilines is 1. The van der Waals surface area contributed by atoms with Crippen LogP contribution in [0.2, 0.25) is 0 Å². The molecule has 2 bridgehead atoms. The SMILES string of the molecule is COc1ccc(C(=O)COC(=O)c2ccc(N3C(=O)[C@H]4C5c6ccccc6C(Br)(c6ccccc65)[C@H]4C3=O)cc2)cc1. The van der Waals surface area contributed by atoms with E-state index in [0.29, 0.717) is 17.0 Å². The number of ether oxygens (including phenoxy) is 2. The van der Waals surface area contributed by atoms with E-state index in [1.165, 1.54) is 24.1 Å². The Morgan fingerprint density at radius 1 is 0.786 bits per heavy atom. The molecule has 1 fully saturated rings. The van der Waals surface area contributed by atoms with E-state index in [4.69, 9.17) is 9.47 Å². The number of alkyl halides is 1. The van der Waals surface area contributed by atoms with Crippen LogP contribution in [-0.2, 0) is 18.7 Å². The molecule has 2 atom stereocenters. The zero-order chi connectivity index (χ0) is 29.2. The third-order valence-electron chi connectivity index (χ3n) is 8.62. The second-order valence-electron chi connectivity index (χ2n) is 10.7. The Hall–Kier alpha value is -4.56. The lowest BCUT2D eigenvalue weighted by atomic mass is 9.55. The van der Waals surface area contributed by atoms with Crippen LogP contribution in [-0.4, -0.2) is 37.3 Å². The first-order valence-electron chi connectivity index (χ1n) is 13.5. The van der Waals surface area contributed by atoms with Crippen molar-refractivity contribution in [1.82, 2.24) is 0 Å². The van der Waals surface area contributed by atoms with Crippen molar-refractivity contribution < 1.29 is 28.7 Å². The summed E-state index contributed by atoms with van der Waals surface area (Å²) < 4.78 is 9.50. The summed E-state index contributed by atoms with van der Waals surface area (Å²) in [6, 6.07) is 28.7. The molecule has 8 heteroatoms. The molecule has 42 heavy (non-hydrogen) atoms. The molecule has 4 aromatic rings. The van der Waals surface area contributed by atoms with E-state index in [9.17, 15) is 19.2 Å². The third kappa shape index (κ3) is 3.71. The molecule has 1 heterocycles. The average molecular weight is 622 g/mol. The number of benzene rings is 4. The van der Waals surface area contributed by atoms with E-state index in [0.717, 1.165) is 22.3 Å². The van der Waals surface area contributed by atoms with Gasteiger partial charge in [0.1, 0.15) is 5.75 Å². The van der Waals surface area contributed by atoms with Crippen LogP contribution in [0.15, 0.2) is 97.1 Å². The minimum absolute atomic E-state index is 0.203. The van der Waals surface area contributed by atoms with Crippen LogP contribution >= 0.6 is 15.9 Å². The van der Waals surface area contributed by atoms with Gasteiger partial charge in [-0.1, -0.05) is 64.5 Å². The first kappa shape index (κ1) is 26.3. The van der Waals surface area contributed by atoms with Crippen LogP contribution in [0.25, 0.3) is 0 Å². The van der Waals surface area contributed by atoms with Crippen molar-refractivity contribution in [2.75, 3.05) is 18.6 Å². The van der Waals surface area contributed by atoms with Crippen molar-refractivity contribution in [3.05, 3.63) is 130 Å². The van der Waals surface area contributed by atoms with Gasteiger partial charge in [-0.15, -0.1) is 0 Å². The number of hydrogen-bond donors (Lipinski definition) is 0. The highest BCUT2D eigenvalue weighted by Gasteiger charge is 2.67. The number of halogens is 1. The van der Waals surface area contributed by atoms with E-state index >= 15 is 0 Å². The van der Waals surface area contributed by atoms with Gasteiger partial charge in [0.15, 0.2) is 12.4 Å². The van der Waals surface area contributed by atoms with Crippen molar-refractivity contribution in [1.29, 1.82) is 0 Å². The fourth-order valence-corrected chi connectivity index (χ4v) is 7.96. The fraction of sp³-hybridized carbons (Fsp3) is 0.176. The van der Waals surface area contributed by atoms with E-state index in [-0.39, 0.29) is 29.1 Å². The summed E-state index contributed by atoms with van der Waals surface area (Å²) >= 11 is 3.99. The minimum atomic E-state index is -0.832. The number of ketones is 1. The van der Waals surface area contributed by atoms with Crippen LogP contribution in [0, 0.1) is 11.8 Å². The fourth-order valence-electron chi connectivity index (χ4n) is 6.75. The molecule has 7 nitrogen and oxygen atoms in total. The zero-order valence-corrected chi connectivity index (χ0v) is 24.0. The summed E-state index contributed by atoms with van der Waals surface area (Å²) in [6.45, 7) is -0.421. The molecule has 0 spiro atoms. The summed E-state index contributed by atoms with van der Waals surface area (Å²) in [5.41, 5.74) is 5.12. The molecule has 0 saturated carbocycles. The predicted octanol–water partition coefficient (Wildman–Crippen LogP) is 5.64. The second kappa shape index (κ2) is 9.77. The van der Waals surface area contributed by atoms with Gasteiger partial charge in [-0.05, 0) is 70.8 Å². The van der Waals surface area contributed by atoms with Crippen molar-refractivity contribution in [3.63, 3.8) is 0 Å². The van der Waals surface area contributed by atoms with Gasteiger partial charge < -0.3 is 9.47 Å². The van der Waals surface area contributed by atoms with Crippen molar-refractivity contribution in [3.8, 4) is 5.75 Å². The van der Waals surface area contributed by atoms with Crippen molar-refractivity contribution in [2.24, 2.45) is 11.8 Å². The second-order valence-corrected chi connectivity index (χ2v) is 11.9. The maximum Gasteiger partial charge on any atom is 0.338 e. The molecule has 4 aliphatic rings. The molecule has 2 amide bonds. The van der Waals surface area contributed by atoms with E-state index in [1.54, 1.807) is 36.4 Å². The molecule has 0 aromatic heterocycles. The first-order valence-corrected chi connectivity index (χ1v) is 14.3. The Balaban J connectivity index is 1.13. The van der Waals surface area contributed by atoms with Gasteiger partial charge in [0.05, 0.1) is 34.5 Å². The summed E-state index contributed by atoms with van der Waals surface area (Å²) in [5, 5.41) is 0. The normalized spacial score (nSPS) is 23.2. The van der Waals surface area contributed by atoms with Gasteiger partial charge in [0.2, 0.25) is 11.8 Å². The van der Waals surface area contributed by atoms with E-state index in [2.05, 4.69) is 15.9 Å². The molecule has 1 aliphatic heterocycles. The number of rotatable bonds is 6. The Bertz CT molecular complexity index is 1730. The molecular formula is C34H24BrNO6. The Kier molecular flexibility index (Phi) is 6.13. The van der Waals surface area contributed by atoms with Gasteiger partial charge in [-0.3, -0.25) is 14.4 Å². The maximum atomic E-state index is 14.1. The van der Waals surface area contributed by atoms with Crippen LogP contribution in [0.3, 0.4) is 0 Å². The highest BCUT2D eigenvalue weighted by molar-refractivity contribution is 9.09. The van der Waals surface area contributed by atoms with Crippen LogP contribution in [0.1, 0.15) is 48.9 Å². The monoisotopic (exact) mass is 621 g/mol. The number of methoxy groups -OCH3 is 1. The smallest absolute Gasteiger partial charge is 0.338 e. The summed E-state index contributed by atoms with van der Waals surface area (Å²) in [4.78, 5) is 54.5. The van der Waals surface area contributed by atoms with Crippen LogP contribution < -0.4 is 9.64 Å². The number of amides is 2. The minimum Gasteiger partial charge on any atom is -0.497 e. The third-order valence-corrected chi connectivity index (χ3v) is 9.97. The molecule has 0 unspecified atom stereocenters. The molecule has 0 radical (unpaired) electrons.